The normalized spacial score (nSPS) is 16.7. The highest BCUT2D eigenvalue weighted by atomic mass is 35.5. The van der Waals surface area contributed by atoms with Crippen molar-refractivity contribution in [1.29, 1.82) is 0 Å². The molecule has 138 valence electrons. The van der Waals surface area contributed by atoms with Gasteiger partial charge in [-0.1, -0.05) is 31.9 Å². The highest BCUT2D eigenvalue weighted by molar-refractivity contribution is 5.93. The fraction of sp³-hybridized carbons (Fsp3) is 0.812. The number of hydrogen-bond donors (Lipinski definition) is 3. The van der Waals surface area contributed by atoms with Gasteiger partial charge in [-0.25, -0.2) is 4.68 Å². The zero-order valence-corrected chi connectivity index (χ0v) is 15.6. The summed E-state index contributed by atoms with van der Waals surface area (Å²) in [4.78, 5) is 12.3. The van der Waals surface area contributed by atoms with Crippen LogP contribution >= 0.6 is 12.4 Å². The average molecular weight is 360 g/mol. The Morgan fingerprint density at radius 2 is 2.00 bits per heavy atom. The van der Waals surface area contributed by atoms with E-state index < -0.39 is 6.10 Å². The predicted octanol–water partition coefficient (Wildman–Crippen LogP) is 1.46. The average Bonchev–Trinajstić information content (AvgIpc) is 2.96. The predicted molar refractivity (Wildman–Crippen MR) is 95.6 cm³/mol. The van der Waals surface area contributed by atoms with E-state index in [1.165, 1.54) is 0 Å². The van der Waals surface area contributed by atoms with Gasteiger partial charge in [0, 0.05) is 6.54 Å². The summed E-state index contributed by atoms with van der Waals surface area (Å²) in [5, 5.41) is 24.5. The van der Waals surface area contributed by atoms with Gasteiger partial charge in [0.25, 0.3) is 5.91 Å². The molecule has 2 heterocycles. The number of nitrogens with zero attached hydrogens (tertiary/aromatic N) is 3. The molecule has 1 amide bonds. The number of piperidine rings is 1. The molecular formula is C16H30ClN5O2. The largest absolute Gasteiger partial charge is 0.391 e. The smallest absolute Gasteiger partial charge is 0.273 e. The Kier molecular flexibility index (Phi) is 8.66. The minimum atomic E-state index is -0.520. The minimum Gasteiger partial charge on any atom is -0.391 e. The van der Waals surface area contributed by atoms with Crippen molar-refractivity contribution in [3.05, 3.63) is 11.4 Å². The Balaban J connectivity index is 0.00000288. The van der Waals surface area contributed by atoms with E-state index in [0.717, 1.165) is 44.5 Å². The molecule has 2 rings (SSSR count). The second kappa shape index (κ2) is 9.96. The van der Waals surface area contributed by atoms with Crippen LogP contribution in [0, 0.1) is 12.8 Å². The van der Waals surface area contributed by atoms with Crippen molar-refractivity contribution in [1.82, 2.24) is 25.6 Å². The molecule has 0 spiro atoms. The van der Waals surface area contributed by atoms with E-state index in [1.807, 2.05) is 25.5 Å². The van der Waals surface area contributed by atoms with Crippen LogP contribution in [0.5, 0.6) is 0 Å². The van der Waals surface area contributed by atoms with Gasteiger partial charge in [-0.05, 0) is 38.8 Å². The van der Waals surface area contributed by atoms with Crippen LogP contribution < -0.4 is 10.6 Å². The summed E-state index contributed by atoms with van der Waals surface area (Å²) in [6.45, 7) is 8.17. The van der Waals surface area contributed by atoms with Gasteiger partial charge in [-0.15, -0.1) is 17.5 Å². The van der Waals surface area contributed by atoms with Gasteiger partial charge in [0.1, 0.15) is 0 Å². The first-order valence-electron chi connectivity index (χ1n) is 8.67. The molecule has 24 heavy (non-hydrogen) atoms. The lowest BCUT2D eigenvalue weighted by atomic mass is 9.96. The van der Waals surface area contributed by atoms with Crippen LogP contribution in [0.2, 0.25) is 0 Å². The first kappa shape index (κ1) is 20.9. The first-order chi connectivity index (χ1) is 11.1. The molecule has 0 aliphatic carbocycles. The molecule has 1 fully saturated rings. The molecule has 1 unspecified atom stereocenters. The number of halogens is 1. The summed E-state index contributed by atoms with van der Waals surface area (Å²) >= 11 is 0. The monoisotopic (exact) mass is 359 g/mol. The third-order valence-electron chi connectivity index (χ3n) is 4.86. The molecular weight excluding hydrogens is 330 g/mol. The van der Waals surface area contributed by atoms with Gasteiger partial charge < -0.3 is 15.7 Å². The van der Waals surface area contributed by atoms with E-state index in [4.69, 9.17) is 0 Å². The van der Waals surface area contributed by atoms with Gasteiger partial charge in [-0.2, -0.15) is 0 Å². The molecule has 1 aliphatic rings. The number of carbonyl (C=O) groups excluding carboxylic acids is 1. The van der Waals surface area contributed by atoms with Crippen molar-refractivity contribution in [3.8, 4) is 0 Å². The van der Waals surface area contributed by atoms with Crippen LogP contribution in [0.3, 0.4) is 0 Å². The van der Waals surface area contributed by atoms with Gasteiger partial charge >= 0.3 is 0 Å². The van der Waals surface area contributed by atoms with E-state index in [1.54, 1.807) is 0 Å². The fourth-order valence-corrected chi connectivity index (χ4v) is 3.23. The summed E-state index contributed by atoms with van der Waals surface area (Å²) in [6, 6.07) is 0.306. The highest BCUT2D eigenvalue weighted by Gasteiger charge is 2.23. The Bertz CT molecular complexity index is 513. The number of amides is 1. The number of hydrogen-bond acceptors (Lipinski definition) is 5. The Morgan fingerprint density at radius 3 is 2.58 bits per heavy atom. The van der Waals surface area contributed by atoms with Crippen LogP contribution in [0.1, 0.15) is 61.8 Å². The number of rotatable bonds is 7. The van der Waals surface area contributed by atoms with Gasteiger partial charge in [0.05, 0.1) is 17.8 Å². The number of nitrogens with one attached hydrogen (secondary N) is 2. The summed E-state index contributed by atoms with van der Waals surface area (Å²) in [7, 11) is 0. The lowest BCUT2D eigenvalue weighted by molar-refractivity contribution is 0.0812. The van der Waals surface area contributed by atoms with E-state index >= 15 is 0 Å². The highest BCUT2D eigenvalue weighted by Crippen LogP contribution is 2.20. The molecule has 0 radical (unpaired) electrons. The van der Waals surface area contributed by atoms with E-state index in [-0.39, 0.29) is 30.8 Å². The summed E-state index contributed by atoms with van der Waals surface area (Å²) < 4.78 is 1.87. The van der Waals surface area contributed by atoms with Crippen molar-refractivity contribution in [2.45, 2.75) is 58.6 Å². The van der Waals surface area contributed by atoms with Crippen LogP contribution in [-0.4, -0.2) is 51.7 Å². The molecule has 1 aliphatic heterocycles. The number of aliphatic hydroxyl groups excluding tert-OH is 1. The zero-order valence-electron chi connectivity index (χ0n) is 14.8. The number of carbonyl (C=O) groups is 1. The molecule has 3 N–H and O–H groups in total. The summed E-state index contributed by atoms with van der Waals surface area (Å²) in [6.07, 6.45) is 3.28. The molecule has 1 atom stereocenters. The van der Waals surface area contributed by atoms with E-state index in [9.17, 15) is 9.90 Å². The maximum Gasteiger partial charge on any atom is 0.273 e. The first-order valence-corrected chi connectivity index (χ1v) is 8.67. The van der Waals surface area contributed by atoms with Gasteiger partial charge in [0.2, 0.25) is 0 Å². The van der Waals surface area contributed by atoms with Gasteiger partial charge in [-0.3, -0.25) is 4.79 Å². The standard InChI is InChI=1S/C16H29N5O2.ClH/c1-4-12(5-2)14(22)10-18-16(23)15-11(3)21(20-19-15)13-6-8-17-9-7-13;/h12-14,17,22H,4-10H2,1-3H3,(H,18,23);1H. The lowest BCUT2D eigenvalue weighted by Gasteiger charge is -2.23. The molecule has 0 aromatic carbocycles. The third kappa shape index (κ3) is 4.91. The Labute approximate surface area is 150 Å². The van der Waals surface area contributed by atoms with Crippen molar-refractivity contribution in [2.24, 2.45) is 5.92 Å². The fourth-order valence-electron chi connectivity index (χ4n) is 3.23. The van der Waals surface area contributed by atoms with Crippen molar-refractivity contribution in [3.63, 3.8) is 0 Å². The molecule has 0 bridgehead atoms. The Hall–Kier alpha value is -1.18. The van der Waals surface area contributed by atoms with Crippen LogP contribution in [-0.2, 0) is 0 Å². The van der Waals surface area contributed by atoms with Crippen molar-refractivity contribution < 1.29 is 9.90 Å². The second-order valence-electron chi connectivity index (χ2n) is 6.30. The van der Waals surface area contributed by atoms with Crippen LogP contribution in [0.25, 0.3) is 0 Å². The molecule has 1 saturated heterocycles. The topological polar surface area (TPSA) is 92.1 Å². The Morgan fingerprint density at radius 1 is 1.38 bits per heavy atom. The number of aliphatic hydroxyl groups is 1. The number of aromatic nitrogens is 3. The van der Waals surface area contributed by atoms with Crippen LogP contribution in [0.4, 0.5) is 0 Å². The lowest BCUT2D eigenvalue weighted by Crippen LogP contribution is -2.36. The third-order valence-corrected chi connectivity index (χ3v) is 4.86. The van der Waals surface area contributed by atoms with Crippen LogP contribution in [0.15, 0.2) is 0 Å². The van der Waals surface area contributed by atoms with Gasteiger partial charge in [0.15, 0.2) is 5.69 Å². The SMILES string of the molecule is CCC(CC)C(O)CNC(=O)c1nnn(C2CCNCC2)c1C.Cl. The molecule has 7 nitrogen and oxygen atoms in total. The molecule has 1 aromatic heterocycles. The van der Waals surface area contributed by atoms with E-state index in [2.05, 4.69) is 20.9 Å². The maximum absolute atomic E-state index is 12.3. The van der Waals surface area contributed by atoms with Crippen molar-refractivity contribution in [2.75, 3.05) is 19.6 Å². The van der Waals surface area contributed by atoms with E-state index in [0.29, 0.717) is 11.7 Å². The summed E-state index contributed by atoms with van der Waals surface area (Å²) in [5.74, 6) is -0.0468. The quantitative estimate of drug-likeness (QED) is 0.685. The zero-order chi connectivity index (χ0) is 16.8. The maximum atomic E-state index is 12.3. The molecule has 1 aromatic rings. The molecule has 0 saturated carbocycles. The summed E-state index contributed by atoms with van der Waals surface area (Å²) in [5.41, 5.74) is 1.16. The second-order valence-corrected chi connectivity index (χ2v) is 6.30. The van der Waals surface area contributed by atoms with Crippen molar-refractivity contribution >= 4 is 18.3 Å². The molecule has 8 heteroatoms. The minimum absolute atomic E-state index is 0.